The van der Waals surface area contributed by atoms with E-state index < -0.39 is 11.9 Å². The number of rotatable bonds is 6. The monoisotopic (exact) mass is 352 g/mol. The van der Waals surface area contributed by atoms with Crippen molar-refractivity contribution in [3.8, 4) is 0 Å². The first-order valence-electron chi connectivity index (χ1n) is 8.75. The Morgan fingerprint density at radius 2 is 1.62 bits per heavy atom. The molecule has 1 aliphatic rings. The number of carbonyl (C=O) groups is 2. The zero-order valence-electron chi connectivity index (χ0n) is 15.5. The number of esters is 2. The van der Waals surface area contributed by atoms with Gasteiger partial charge in [0.05, 0.1) is 13.2 Å². The van der Waals surface area contributed by atoms with E-state index in [1.54, 1.807) is 19.9 Å². The Morgan fingerprint density at radius 1 is 1.00 bits per heavy atom. The number of allylic oxidation sites excluding steroid dienone is 6. The summed E-state index contributed by atoms with van der Waals surface area (Å²) in [5.41, 5.74) is 4.00. The van der Waals surface area contributed by atoms with E-state index >= 15 is 0 Å². The van der Waals surface area contributed by atoms with Crippen molar-refractivity contribution < 1.29 is 19.1 Å². The summed E-state index contributed by atoms with van der Waals surface area (Å²) in [5, 5.41) is 0. The molecule has 4 heteroatoms. The Labute approximate surface area is 154 Å². The SMILES string of the molecule is CCOC(=O)C(=Cc1ccccc1C1=CC=CC=C(C)C1)C(=O)OCC. The first-order chi connectivity index (χ1) is 12.6. The van der Waals surface area contributed by atoms with Gasteiger partial charge in [-0.05, 0) is 50.0 Å². The summed E-state index contributed by atoms with van der Waals surface area (Å²) in [5.74, 6) is -1.35. The normalized spacial score (nSPS) is 13.2. The molecule has 0 spiro atoms. The fraction of sp³-hybridized carbons (Fsp3) is 0.273. The van der Waals surface area contributed by atoms with Gasteiger partial charge in [0.2, 0.25) is 0 Å². The fourth-order valence-corrected chi connectivity index (χ4v) is 2.68. The van der Waals surface area contributed by atoms with E-state index in [2.05, 4.69) is 13.0 Å². The van der Waals surface area contributed by atoms with E-state index in [1.807, 2.05) is 42.5 Å². The molecule has 0 unspecified atom stereocenters. The topological polar surface area (TPSA) is 52.6 Å². The zero-order chi connectivity index (χ0) is 18.9. The maximum Gasteiger partial charge on any atom is 0.345 e. The Morgan fingerprint density at radius 3 is 2.27 bits per heavy atom. The Bertz CT molecular complexity index is 774. The van der Waals surface area contributed by atoms with Gasteiger partial charge in [-0.3, -0.25) is 0 Å². The van der Waals surface area contributed by atoms with Crippen LogP contribution in [0.1, 0.15) is 38.3 Å². The van der Waals surface area contributed by atoms with Crippen molar-refractivity contribution in [2.75, 3.05) is 13.2 Å². The van der Waals surface area contributed by atoms with Crippen LogP contribution in [0, 0.1) is 0 Å². The average Bonchev–Trinajstić information content (AvgIpc) is 2.84. The minimum Gasteiger partial charge on any atom is -0.462 e. The summed E-state index contributed by atoms with van der Waals surface area (Å²) in [7, 11) is 0. The third-order valence-corrected chi connectivity index (χ3v) is 3.86. The molecule has 0 amide bonds. The molecule has 1 aliphatic carbocycles. The first-order valence-corrected chi connectivity index (χ1v) is 8.75. The molecule has 1 aromatic rings. The number of carbonyl (C=O) groups excluding carboxylic acids is 2. The lowest BCUT2D eigenvalue weighted by Crippen LogP contribution is -2.18. The summed E-state index contributed by atoms with van der Waals surface area (Å²) in [4.78, 5) is 24.5. The molecule has 0 aliphatic heterocycles. The molecule has 2 rings (SSSR count). The molecule has 0 fully saturated rings. The third kappa shape index (κ3) is 5.06. The van der Waals surface area contributed by atoms with Gasteiger partial charge < -0.3 is 9.47 Å². The van der Waals surface area contributed by atoms with Crippen LogP contribution < -0.4 is 0 Å². The van der Waals surface area contributed by atoms with Crippen molar-refractivity contribution in [3.63, 3.8) is 0 Å². The number of hydrogen-bond acceptors (Lipinski definition) is 4. The van der Waals surface area contributed by atoms with Crippen LogP contribution in [0.5, 0.6) is 0 Å². The number of ether oxygens (including phenoxy) is 2. The maximum atomic E-state index is 12.2. The summed E-state index contributed by atoms with van der Waals surface area (Å²) in [6.07, 6.45) is 10.5. The lowest BCUT2D eigenvalue weighted by Gasteiger charge is -2.12. The molecule has 0 bridgehead atoms. The quantitative estimate of drug-likeness (QED) is 0.328. The first kappa shape index (κ1) is 19.4. The molecule has 136 valence electrons. The lowest BCUT2D eigenvalue weighted by molar-refractivity contribution is -0.146. The van der Waals surface area contributed by atoms with Crippen LogP contribution in [0.3, 0.4) is 0 Å². The molecule has 26 heavy (non-hydrogen) atoms. The summed E-state index contributed by atoms with van der Waals surface area (Å²) >= 11 is 0. The van der Waals surface area contributed by atoms with E-state index in [4.69, 9.17) is 9.47 Å². The van der Waals surface area contributed by atoms with Crippen molar-refractivity contribution in [2.45, 2.75) is 27.2 Å². The predicted molar refractivity (Wildman–Crippen MR) is 103 cm³/mol. The van der Waals surface area contributed by atoms with E-state index in [0.717, 1.165) is 23.1 Å². The van der Waals surface area contributed by atoms with Crippen molar-refractivity contribution in [2.24, 2.45) is 0 Å². The third-order valence-electron chi connectivity index (χ3n) is 3.86. The highest BCUT2D eigenvalue weighted by Crippen LogP contribution is 2.28. The van der Waals surface area contributed by atoms with Gasteiger partial charge in [0.15, 0.2) is 0 Å². The minimum absolute atomic E-state index is 0.0989. The summed E-state index contributed by atoms with van der Waals surface area (Å²) < 4.78 is 10.0. The van der Waals surface area contributed by atoms with Crippen LogP contribution in [0.4, 0.5) is 0 Å². The van der Waals surface area contributed by atoms with Crippen molar-refractivity contribution in [3.05, 3.63) is 70.8 Å². The van der Waals surface area contributed by atoms with Crippen LogP contribution in [-0.4, -0.2) is 25.2 Å². The van der Waals surface area contributed by atoms with Gasteiger partial charge in [0.1, 0.15) is 5.57 Å². The zero-order valence-corrected chi connectivity index (χ0v) is 15.5. The van der Waals surface area contributed by atoms with Gasteiger partial charge >= 0.3 is 11.9 Å². The molecule has 0 aromatic heterocycles. The van der Waals surface area contributed by atoms with Crippen LogP contribution >= 0.6 is 0 Å². The largest absolute Gasteiger partial charge is 0.462 e. The maximum absolute atomic E-state index is 12.2. The van der Waals surface area contributed by atoms with Crippen molar-refractivity contribution in [1.29, 1.82) is 0 Å². The lowest BCUT2D eigenvalue weighted by atomic mass is 9.94. The van der Waals surface area contributed by atoms with Crippen LogP contribution in [0.2, 0.25) is 0 Å². The van der Waals surface area contributed by atoms with Crippen molar-refractivity contribution >= 4 is 23.6 Å². The standard InChI is InChI=1S/C22H24O4/c1-4-25-21(23)20(22(24)26-5-2)15-18-12-8-9-13-19(18)17-11-7-6-10-16(3)14-17/h6-13,15H,4-5,14H2,1-3H3. The summed E-state index contributed by atoms with van der Waals surface area (Å²) in [6.45, 7) is 5.86. The van der Waals surface area contributed by atoms with E-state index in [-0.39, 0.29) is 18.8 Å². The molecule has 0 radical (unpaired) electrons. The molecular weight excluding hydrogens is 328 g/mol. The molecule has 0 saturated heterocycles. The second kappa shape index (κ2) is 9.56. The van der Waals surface area contributed by atoms with Crippen LogP contribution in [0.15, 0.2) is 59.7 Å². The second-order valence-corrected chi connectivity index (χ2v) is 5.85. The Hall–Kier alpha value is -2.88. The van der Waals surface area contributed by atoms with Gasteiger partial charge in [-0.1, -0.05) is 54.1 Å². The number of benzene rings is 1. The molecule has 0 N–H and O–H groups in total. The molecule has 0 atom stereocenters. The minimum atomic E-state index is -0.674. The fourth-order valence-electron chi connectivity index (χ4n) is 2.68. The van der Waals surface area contributed by atoms with E-state index in [1.165, 1.54) is 5.57 Å². The highest BCUT2D eigenvalue weighted by molar-refractivity contribution is 6.18. The van der Waals surface area contributed by atoms with Gasteiger partial charge in [-0.25, -0.2) is 9.59 Å². The average molecular weight is 352 g/mol. The van der Waals surface area contributed by atoms with E-state index in [9.17, 15) is 9.59 Å². The second-order valence-electron chi connectivity index (χ2n) is 5.85. The Kier molecular flexibility index (Phi) is 7.15. The van der Waals surface area contributed by atoms with Gasteiger partial charge in [-0.2, -0.15) is 0 Å². The van der Waals surface area contributed by atoms with Gasteiger partial charge in [-0.15, -0.1) is 0 Å². The number of hydrogen-bond donors (Lipinski definition) is 0. The van der Waals surface area contributed by atoms with Crippen molar-refractivity contribution in [1.82, 2.24) is 0 Å². The predicted octanol–water partition coefficient (Wildman–Crippen LogP) is 4.49. The smallest absolute Gasteiger partial charge is 0.345 e. The van der Waals surface area contributed by atoms with Gasteiger partial charge in [0.25, 0.3) is 0 Å². The molecule has 0 heterocycles. The molecule has 4 nitrogen and oxygen atoms in total. The highest BCUT2D eigenvalue weighted by Gasteiger charge is 2.22. The van der Waals surface area contributed by atoms with Crippen LogP contribution in [0.25, 0.3) is 11.6 Å². The molecule has 0 saturated carbocycles. The molecular formula is C22H24O4. The molecule has 1 aromatic carbocycles. The highest BCUT2D eigenvalue weighted by atomic mass is 16.6. The van der Waals surface area contributed by atoms with Gasteiger partial charge in [0, 0.05) is 0 Å². The Balaban J connectivity index is 2.49. The summed E-state index contributed by atoms with van der Waals surface area (Å²) in [6, 6.07) is 7.68. The van der Waals surface area contributed by atoms with E-state index in [0.29, 0.717) is 0 Å². The van der Waals surface area contributed by atoms with Crippen LogP contribution in [-0.2, 0) is 19.1 Å².